The van der Waals surface area contributed by atoms with Gasteiger partial charge < -0.3 is 0 Å². The molecule has 1 saturated heterocycles. The van der Waals surface area contributed by atoms with Crippen molar-refractivity contribution in [3.8, 4) is 16.9 Å². The second-order valence-electron chi connectivity index (χ2n) is 6.92. The fraction of sp³-hybridized carbons (Fsp3) is 0.238. The number of nitrogens with one attached hydrogen (secondary N) is 1. The molecule has 0 aliphatic carbocycles. The number of carbonyl (C=O) groups is 1. The largest absolute Gasteiger partial charge is 0.286 e. The molecule has 150 valence electrons. The van der Waals surface area contributed by atoms with Gasteiger partial charge in [0.25, 0.3) is 5.91 Å². The molecule has 4 rings (SSSR count). The Morgan fingerprint density at radius 2 is 1.72 bits per heavy atom. The maximum Gasteiger partial charge on any atom is 0.286 e. The molecule has 3 aromatic rings. The molecule has 0 atom stereocenters. The molecule has 0 bridgehead atoms. The topological polar surface area (TPSA) is 50.2 Å². The van der Waals surface area contributed by atoms with Crippen molar-refractivity contribution in [2.24, 2.45) is 0 Å². The normalized spacial score (nSPS) is 14.7. The highest BCUT2D eigenvalue weighted by Crippen LogP contribution is 2.30. The maximum absolute atomic E-state index is 12.8. The summed E-state index contributed by atoms with van der Waals surface area (Å²) in [6.45, 7) is 1.71. The number of aromatic nitrogens is 2. The average molecular weight is 494 g/mol. The minimum atomic E-state index is -0.228. The van der Waals surface area contributed by atoms with E-state index in [0.29, 0.717) is 21.4 Å². The van der Waals surface area contributed by atoms with E-state index >= 15 is 0 Å². The summed E-state index contributed by atoms with van der Waals surface area (Å²) < 4.78 is 2.66. The molecule has 1 N–H and O–H groups in total. The number of hydrogen-bond acceptors (Lipinski definition) is 3. The standard InChI is InChI=1S/C21H19BrCl2N4O/c22-15-6-4-14(5-7-15)20-13-18(21(29)26-27-10-2-1-3-11-27)25-28(20)19-9-8-16(23)12-17(19)24/h4-9,12-13H,1-3,10-11H2,(H,26,29). The smallest absolute Gasteiger partial charge is 0.283 e. The Morgan fingerprint density at radius 3 is 2.41 bits per heavy atom. The van der Waals surface area contributed by atoms with E-state index in [1.165, 1.54) is 6.42 Å². The van der Waals surface area contributed by atoms with E-state index < -0.39 is 0 Å². The van der Waals surface area contributed by atoms with Crippen LogP contribution < -0.4 is 5.43 Å². The molecule has 0 unspecified atom stereocenters. The molecule has 1 aliphatic heterocycles. The number of hydrogen-bond donors (Lipinski definition) is 1. The predicted molar refractivity (Wildman–Crippen MR) is 120 cm³/mol. The number of piperidine rings is 1. The lowest BCUT2D eigenvalue weighted by Gasteiger charge is -2.26. The van der Waals surface area contributed by atoms with Gasteiger partial charge in [-0.05, 0) is 49.2 Å². The maximum atomic E-state index is 12.8. The van der Waals surface area contributed by atoms with Gasteiger partial charge in [-0.15, -0.1) is 0 Å². The van der Waals surface area contributed by atoms with Crippen LogP contribution in [-0.4, -0.2) is 33.8 Å². The summed E-state index contributed by atoms with van der Waals surface area (Å²) in [7, 11) is 0. The minimum absolute atomic E-state index is 0.228. The Balaban J connectivity index is 1.73. The van der Waals surface area contributed by atoms with E-state index in [2.05, 4.69) is 26.5 Å². The van der Waals surface area contributed by atoms with Crippen LogP contribution in [0.15, 0.2) is 53.0 Å². The van der Waals surface area contributed by atoms with Gasteiger partial charge >= 0.3 is 0 Å². The predicted octanol–water partition coefficient (Wildman–Crippen LogP) is 5.74. The summed E-state index contributed by atoms with van der Waals surface area (Å²) in [6, 6.07) is 14.8. The quantitative estimate of drug-likeness (QED) is 0.504. The Kier molecular flexibility index (Phi) is 6.25. The average Bonchev–Trinajstić information content (AvgIpc) is 3.14. The number of carbonyl (C=O) groups excluding carboxylic acids is 1. The van der Waals surface area contributed by atoms with Crippen LogP contribution in [0.5, 0.6) is 0 Å². The van der Waals surface area contributed by atoms with Crippen LogP contribution in [0.4, 0.5) is 0 Å². The lowest BCUT2D eigenvalue weighted by atomic mass is 10.1. The first kappa shape index (κ1) is 20.4. The van der Waals surface area contributed by atoms with Crippen LogP contribution in [0, 0.1) is 0 Å². The minimum Gasteiger partial charge on any atom is -0.283 e. The van der Waals surface area contributed by atoms with Crippen LogP contribution in [-0.2, 0) is 0 Å². The van der Waals surface area contributed by atoms with Gasteiger partial charge in [0.2, 0.25) is 0 Å². The number of rotatable bonds is 4. The molecule has 8 heteroatoms. The van der Waals surface area contributed by atoms with Crippen LogP contribution in [0.3, 0.4) is 0 Å². The van der Waals surface area contributed by atoms with Crippen molar-refractivity contribution in [2.45, 2.75) is 19.3 Å². The van der Waals surface area contributed by atoms with Crippen LogP contribution in [0.25, 0.3) is 16.9 Å². The van der Waals surface area contributed by atoms with E-state index in [4.69, 9.17) is 23.2 Å². The van der Waals surface area contributed by atoms with Crippen molar-refractivity contribution >= 4 is 45.0 Å². The number of nitrogens with zero attached hydrogens (tertiary/aromatic N) is 3. The lowest BCUT2D eigenvalue weighted by Crippen LogP contribution is -2.45. The summed E-state index contributed by atoms with van der Waals surface area (Å²) in [5, 5.41) is 7.53. The molecule has 2 aromatic carbocycles. The molecule has 5 nitrogen and oxygen atoms in total. The van der Waals surface area contributed by atoms with Crippen LogP contribution in [0.2, 0.25) is 10.0 Å². The molecular weight excluding hydrogens is 475 g/mol. The summed E-state index contributed by atoms with van der Waals surface area (Å²) in [5.41, 5.74) is 5.65. The van der Waals surface area contributed by atoms with Crippen molar-refractivity contribution in [2.75, 3.05) is 13.1 Å². The highest BCUT2D eigenvalue weighted by molar-refractivity contribution is 9.10. The highest BCUT2D eigenvalue weighted by atomic mass is 79.9. The van der Waals surface area contributed by atoms with Crippen molar-refractivity contribution in [3.05, 3.63) is 68.7 Å². The van der Waals surface area contributed by atoms with Gasteiger partial charge in [-0.1, -0.05) is 57.7 Å². The summed E-state index contributed by atoms with van der Waals surface area (Å²) in [4.78, 5) is 12.8. The fourth-order valence-electron chi connectivity index (χ4n) is 3.36. The number of benzene rings is 2. The van der Waals surface area contributed by atoms with E-state index in [1.807, 2.05) is 29.3 Å². The third-order valence-electron chi connectivity index (χ3n) is 4.84. The third-order valence-corrected chi connectivity index (χ3v) is 5.90. The van der Waals surface area contributed by atoms with E-state index in [-0.39, 0.29) is 5.91 Å². The molecule has 1 fully saturated rings. The Hall–Kier alpha value is -1.86. The highest BCUT2D eigenvalue weighted by Gasteiger charge is 2.20. The SMILES string of the molecule is O=C(NN1CCCCC1)c1cc(-c2ccc(Br)cc2)n(-c2ccc(Cl)cc2Cl)n1. The van der Waals surface area contributed by atoms with Gasteiger partial charge in [-0.3, -0.25) is 10.2 Å². The van der Waals surface area contributed by atoms with Gasteiger partial charge in [0.1, 0.15) is 0 Å². The Labute approximate surface area is 187 Å². The second-order valence-corrected chi connectivity index (χ2v) is 8.68. The van der Waals surface area contributed by atoms with Gasteiger partial charge in [0, 0.05) is 28.1 Å². The lowest BCUT2D eigenvalue weighted by molar-refractivity contribution is 0.0744. The van der Waals surface area contributed by atoms with Gasteiger partial charge in [0.15, 0.2) is 5.69 Å². The van der Waals surface area contributed by atoms with Gasteiger partial charge in [-0.2, -0.15) is 5.10 Å². The molecule has 2 heterocycles. The summed E-state index contributed by atoms with van der Waals surface area (Å²) in [5.74, 6) is -0.228. The van der Waals surface area contributed by atoms with E-state index in [1.54, 1.807) is 28.9 Å². The fourth-order valence-corrected chi connectivity index (χ4v) is 4.11. The zero-order valence-electron chi connectivity index (χ0n) is 15.5. The number of hydrazine groups is 1. The van der Waals surface area contributed by atoms with Crippen molar-refractivity contribution in [3.63, 3.8) is 0 Å². The zero-order chi connectivity index (χ0) is 20.4. The summed E-state index contributed by atoms with van der Waals surface area (Å²) in [6.07, 6.45) is 3.36. The molecular formula is C21H19BrCl2N4O. The van der Waals surface area contributed by atoms with E-state index in [0.717, 1.165) is 41.7 Å². The number of halogens is 3. The van der Waals surface area contributed by atoms with Crippen molar-refractivity contribution in [1.29, 1.82) is 0 Å². The van der Waals surface area contributed by atoms with E-state index in [9.17, 15) is 4.79 Å². The van der Waals surface area contributed by atoms with Crippen LogP contribution >= 0.6 is 39.1 Å². The van der Waals surface area contributed by atoms with Crippen LogP contribution in [0.1, 0.15) is 29.8 Å². The third kappa shape index (κ3) is 4.67. The first-order valence-electron chi connectivity index (χ1n) is 9.38. The van der Waals surface area contributed by atoms with Gasteiger partial charge in [0.05, 0.1) is 16.4 Å². The molecule has 0 radical (unpaired) electrons. The first-order chi connectivity index (χ1) is 14.0. The number of amides is 1. The Morgan fingerprint density at radius 1 is 1.00 bits per heavy atom. The molecule has 1 amide bonds. The van der Waals surface area contributed by atoms with Gasteiger partial charge in [-0.25, -0.2) is 9.69 Å². The molecule has 1 aromatic heterocycles. The van der Waals surface area contributed by atoms with Crippen molar-refractivity contribution < 1.29 is 4.79 Å². The van der Waals surface area contributed by atoms with Crippen molar-refractivity contribution in [1.82, 2.24) is 20.2 Å². The Bertz CT molecular complexity index is 1030. The molecule has 1 aliphatic rings. The second kappa shape index (κ2) is 8.88. The molecule has 0 saturated carbocycles. The summed E-state index contributed by atoms with van der Waals surface area (Å²) >= 11 is 15.9. The first-order valence-corrected chi connectivity index (χ1v) is 10.9. The zero-order valence-corrected chi connectivity index (χ0v) is 18.6. The molecule has 29 heavy (non-hydrogen) atoms. The monoisotopic (exact) mass is 492 g/mol. The molecule has 0 spiro atoms.